The molecule has 0 aromatic carbocycles. The molecule has 1 aromatic rings. The number of ether oxygens (including phenoxy) is 1. The zero-order valence-electron chi connectivity index (χ0n) is 8.78. The van der Waals surface area contributed by atoms with Crippen molar-refractivity contribution in [2.75, 3.05) is 18.6 Å². The summed E-state index contributed by atoms with van der Waals surface area (Å²) in [6, 6.07) is 3.72. The Balaban J connectivity index is 2.73. The van der Waals surface area contributed by atoms with Gasteiger partial charge in [0.05, 0.1) is 17.3 Å². The van der Waals surface area contributed by atoms with E-state index in [1.54, 1.807) is 11.8 Å². The number of hydrogen-bond donors (Lipinski definition) is 1. The Morgan fingerprint density at radius 3 is 2.79 bits per heavy atom. The van der Waals surface area contributed by atoms with Gasteiger partial charge in [0.1, 0.15) is 0 Å². The average Bonchev–Trinajstić information content (AvgIpc) is 2.16. The van der Waals surface area contributed by atoms with Crippen molar-refractivity contribution >= 4 is 17.4 Å². The van der Waals surface area contributed by atoms with E-state index < -0.39 is 0 Å². The maximum Gasteiger partial charge on any atom is 0.238 e. The Hall–Kier alpha value is -0.900. The summed E-state index contributed by atoms with van der Waals surface area (Å²) in [6.07, 6.45) is 1.98. The third kappa shape index (κ3) is 3.10. The van der Waals surface area contributed by atoms with E-state index in [0.717, 1.165) is 5.03 Å². The van der Waals surface area contributed by atoms with Crippen LogP contribution in [0.15, 0.2) is 17.2 Å². The number of nitrogen functional groups attached to an aromatic ring is 1. The molecule has 0 aliphatic rings. The van der Waals surface area contributed by atoms with Crippen LogP contribution in [-0.2, 0) is 0 Å². The van der Waals surface area contributed by atoms with Gasteiger partial charge in [0.15, 0.2) is 0 Å². The van der Waals surface area contributed by atoms with Crippen molar-refractivity contribution in [2.24, 2.45) is 5.92 Å². The molecular formula is C10H16N2OS. The molecule has 0 fully saturated rings. The first kappa shape index (κ1) is 11.2. The van der Waals surface area contributed by atoms with Crippen LogP contribution in [0.2, 0.25) is 0 Å². The first-order chi connectivity index (χ1) is 6.63. The smallest absolute Gasteiger partial charge is 0.238 e. The molecule has 0 aliphatic heterocycles. The zero-order valence-corrected chi connectivity index (χ0v) is 9.60. The lowest BCUT2D eigenvalue weighted by Gasteiger charge is -2.10. The van der Waals surface area contributed by atoms with E-state index in [1.807, 2.05) is 18.4 Å². The van der Waals surface area contributed by atoms with Gasteiger partial charge in [0.25, 0.3) is 0 Å². The predicted octanol–water partition coefficient (Wildman–Crippen LogP) is 2.42. The highest BCUT2D eigenvalue weighted by Crippen LogP contribution is 2.23. The van der Waals surface area contributed by atoms with Gasteiger partial charge in [0.2, 0.25) is 5.88 Å². The number of aromatic nitrogens is 1. The van der Waals surface area contributed by atoms with Crippen molar-refractivity contribution < 1.29 is 4.74 Å². The van der Waals surface area contributed by atoms with Gasteiger partial charge in [-0.1, -0.05) is 13.8 Å². The SMILES string of the molecule is CSc1ccc(N)c(OCC(C)C)n1. The average molecular weight is 212 g/mol. The highest BCUT2D eigenvalue weighted by molar-refractivity contribution is 7.98. The van der Waals surface area contributed by atoms with Gasteiger partial charge >= 0.3 is 0 Å². The Morgan fingerprint density at radius 2 is 2.21 bits per heavy atom. The first-order valence-corrected chi connectivity index (χ1v) is 5.79. The van der Waals surface area contributed by atoms with E-state index in [0.29, 0.717) is 24.1 Å². The van der Waals surface area contributed by atoms with Gasteiger partial charge in [-0.2, -0.15) is 0 Å². The van der Waals surface area contributed by atoms with Crippen LogP contribution >= 0.6 is 11.8 Å². The van der Waals surface area contributed by atoms with Crippen molar-refractivity contribution in [1.82, 2.24) is 4.98 Å². The van der Waals surface area contributed by atoms with E-state index in [9.17, 15) is 0 Å². The van der Waals surface area contributed by atoms with Crippen LogP contribution in [0.4, 0.5) is 5.69 Å². The molecule has 0 atom stereocenters. The van der Waals surface area contributed by atoms with Crippen molar-refractivity contribution in [3.63, 3.8) is 0 Å². The highest BCUT2D eigenvalue weighted by atomic mass is 32.2. The Morgan fingerprint density at radius 1 is 1.50 bits per heavy atom. The zero-order chi connectivity index (χ0) is 10.6. The lowest BCUT2D eigenvalue weighted by Crippen LogP contribution is -2.07. The van der Waals surface area contributed by atoms with Gasteiger partial charge < -0.3 is 10.5 Å². The summed E-state index contributed by atoms with van der Waals surface area (Å²) in [5.74, 6) is 1.03. The Bertz CT molecular complexity index is 302. The maximum absolute atomic E-state index is 5.73. The van der Waals surface area contributed by atoms with Crippen LogP contribution in [0, 0.1) is 5.92 Å². The molecule has 4 heteroatoms. The van der Waals surface area contributed by atoms with Gasteiger partial charge in [0, 0.05) is 0 Å². The monoisotopic (exact) mass is 212 g/mol. The number of rotatable bonds is 4. The third-order valence-electron chi connectivity index (χ3n) is 1.63. The van der Waals surface area contributed by atoms with Crippen LogP contribution in [-0.4, -0.2) is 17.8 Å². The summed E-state index contributed by atoms with van der Waals surface area (Å²) in [5.41, 5.74) is 6.33. The number of nitrogens with zero attached hydrogens (tertiary/aromatic N) is 1. The molecule has 14 heavy (non-hydrogen) atoms. The second-order valence-corrected chi connectivity index (χ2v) is 4.28. The lowest BCUT2D eigenvalue weighted by atomic mass is 10.2. The van der Waals surface area contributed by atoms with E-state index in [-0.39, 0.29) is 0 Å². The predicted molar refractivity (Wildman–Crippen MR) is 60.8 cm³/mol. The minimum absolute atomic E-state index is 0.481. The van der Waals surface area contributed by atoms with Crippen molar-refractivity contribution in [3.05, 3.63) is 12.1 Å². The summed E-state index contributed by atoms with van der Waals surface area (Å²) in [7, 11) is 0. The summed E-state index contributed by atoms with van der Waals surface area (Å²) >= 11 is 1.58. The minimum Gasteiger partial charge on any atom is -0.476 e. The number of nitrogens with two attached hydrogens (primary N) is 1. The Kier molecular flexibility index (Phi) is 4.07. The maximum atomic E-state index is 5.73. The summed E-state index contributed by atoms with van der Waals surface area (Å²) in [6.45, 7) is 4.83. The molecule has 0 unspecified atom stereocenters. The second-order valence-electron chi connectivity index (χ2n) is 3.45. The summed E-state index contributed by atoms with van der Waals surface area (Å²) in [4.78, 5) is 4.28. The topological polar surface area (TPSA) is 48.1 Å². The third-order valence-corrected chi connectivity index (χ3v) is 2.27. The van der Waals surface area contributed by atoms with Crippen LogP contribution in [0.1, 0.15) is 13.8 Å². The fourth-order valence-corrected chi connectivity index (χ4v) is 1.29. The van der Waals surface area contributed by atoms with Gasteiger partial charge in [-0.15, -0.1) is 11.8 Å². The minimum atomic E-state index is 0.481. The van der Waals surface area contributed by atoms with E-state index >= 15 is 0 Å². The molecule has 3 nitrogen and oxygen atoms in total. The van der Waals surface area contributed by atoms with Crippen molar-refractivity contribution in [3.8, 4) is 5.88 Å². The summed E-state index contributed by atoms with van der Waals surface area (Å²) < 4.78 is 5.49. The largest absolute Gasteiger partial charge is 0.476 e. The molecule has 0 saturated carbocycles. The quantitative estimate of drug-likeness (QED) is 0.779. The highest BCUT2D eigenvalue weighted by Gasteiger charge is 2.04. The molecule has 78 valence electrons. The van der Waals surface area contributed by atoms with Crippen molar-refractivity contribution in [2.45, 2.75) is 18.9 Å². The Labute approximate surface area is 89.1 Å². The molecule has 0 amide bonds. The molecular weight excluding hydrogens is 196 g/mol. The summed E-state index contributed by atoms with van der Waals surface area (Å²) in [5, 5.41) is 0.929. The molecule has 0 bridgehead atoms. The lowest BCUT2D eigenvalue weighted by molar-refractivity contribution is 0.261. The van der Waals surface area contributed by atoms with Crippen LogP contribution < -0.4 is 10.5 Å². The van der Waals surface area contributed by atoms with E-state index in [4.69, 9.17) is 10.5 Å². The molecule has 0 saturated heterocycles. The number of thioether (sulfide) groups is 1. The van der Waals surface area contributed by atoms with E-state index in [2.05, 4.69) is 18.8 Å². The van der Waals surface area contributed by atoms with Crippen LogP contribution in [0.5, 0.6) is 5.88 Å². The van der Waals surface area contributed by atoms with Crippen LogP contribution in [0.25, 0.3) is 0 Å². The van der Waals surface area contributed by atoms with Gasteiger partial charge in [-0.25, -0.2) is 4.98 Å². The first-order valence-electron chi connectivity index (χ1n) is 4.56. The fraction of sp³-hybridized carbons (Fsp3) is 0.500. The molecule has 2 N–H and O–H groups in total. The number of pyridine rings is 1. The van der Waals surface area contributed by atoms with Crippen LogP contribution in [0.3, 0.4) is 0 Å². The number of anilines is 1. The molecule has 1 heterocycles. The molecule has 1 aromatic heterocycles. The second kappa shape index (κ2) is 5.10. The van der Waals surface area contributed by atoms with Gasteiger partial charge in [-0.05, 0) is 24.3 Å². The van der Waals surface area contributed by atoms with Crippen molar-refractivity contribution in [1.29, 1.82) is 0 Å². The molecule has 0 spiro atoms. The van der Waals surface area contributed by atoms with Gasteiger partial charge in [-0.3, -0.25) is 0 Å². The molecule has 1 rings (SSSR count). The molecule has 0 aliphatic carbocycles. The number of hydrogen-bond acceptors (Lipinski definition) is 4. The van der Waals surface area contributed by atoms with E-state index in [1.165, 1.54) is 0 Å². The normalized spacial score (nSPS) is 10.6. The fourth-order valence-electron chi connectivity index (χ4n) is 0.909. The standard InChI is InChI=1S/C10H16N2OS/c1-7(2)6-13-10-8(11)4-5-9(12-10)14-3/h4-5,7H,6,11H2,1-3H3. The molecule has 0 radical (unpaired) electrons.